The molecule has 1 aromatic heterocycles. The lowest BCUT2D eigenvalue weighted by Gasteiger charge is -2.07. The van der Waals surface area contributed by atoms with E-state index < -0.39 is 10.0 Å². The molecular weight excluding hydrogens is 168 g/mol. The van der Waals surface area contributed by atoms with Crippen molar-refractivity contribution < 1.29 is 8.42 Å². The molecule has 0 radical (unpaired) electrons. The van der Waals surface area contributed by atoms with Gasteiger partial charge in [-0.15, -0.1) is 0 Å². The van der Waals surface area contributed by atoms with Crippen LogP contribution < -0.4 is 4.89 Å². The Bertz CT molecular complexity index is 321. The molecule has 0 amide bonds. The molecule has 0 aromatic carbocycles. The number of nitrogens with one attached hydrogen (secondary N) is 1. The van der Waals surface area contributed by atoms with Crippen molar-refractivity contribution in [2.24, 2.45) is 0 Å². The highest BCUT2D eigenvalue weighted by atomic mass is 32.2. The van der Waals surface area contributed by atoms with Crippen LogP contribution >= 0.6 is 0 Å². The van der Waals surface area contributed by atoms with E-state index in [9.17, 15) is 13.6 Å². The molecule has 0 unspecified atom stereocenters. The molecule has 1 rings (SSSR count). The second kappa shape index (κ2) is 2.95. The molecule has 11 heavy (non-hydrogen) atoms. The summed E-state index contributed by atoms with van der Waals surface area (Å²) in [6, 6.07) is 2.72. The molecule has 0 atom stereocenters. The van der Waals surface area contributed by atoms with Crippen molar-refractivity contribution in [3.63, 3.8) is 0 Å². The lowest BCUT2D eigenvalue weighted by Crippen LogP contribution is -2.16. The van der Waals surface area contributed by atoms with Gasteiger partial charge in [-0.05, 0) is 12.1 Å². The van der Waals surface area contributed by atoms with Gasteiger partial charge in [0.1, 0.15) is 0 Å². The van der Waals surface area contributed by atoms with E-state index in [0.29, 0.717) is 0 Å². The quantitative estimate of drug-likeness (QED) is 0.631. The maximum Gasteiger partial charge on any atom is 0.230 e. The summed E-state index contributed by atoms with van der Waals surface area (Å²) < 4.78 is 21.5. The molecule has 6 heteroatoms. The van der Waals surface area contributed by atoms with E-state index in [4.69, 9.17) is 0 Å². The van der Waals surface area contributed by atoms with E-state index in [1.54, 1.807) is 0 Å². The molecule has 0 spiro atoms. The zero-order chi connectivity index (χ0) is 8.32. The van der Waals surface area contributed by atoms with Gasteiger partial charge < -0.3 is 5.21 Å². The second-order valence-electron chi connectivity index (χ2n) is 1.78. The average molecular weight is 173 g/mol. The molecule has 0 saturated heterocycles. The van der Waals surface area contributed by atoms with Gasteiger partial charge >= 0.3 is 0 Å². The van der Waals surface area contributed by atoms with Crippen LogP contribution in [0.3, 0.4) is 0 Å². The number of nitrogens with zero attached hydrogens (tertiary/aromatic N) is 1. The Morgan fingerprint density at radius 3 is 2.73 bits per heavy atom. The van der Waals surface area contributed by atoms with Crippen LogP contribution in [0.25, 0.3) is 0 Å². The van der Waals surface area contributed by atoms with Crippen molar-refractivity contribution in [1.82, 2.24) is 9.87 Å². The van der Waals surface area contributed by atoms with Crippen molar-refractivity contribution in [3.05, 3.63) is 29.7 Å². The van der Waals surface area contributed by atoms with Crippen LogP contribution in [-0.4, -0.2) is 13.4 Å². The summed E-state index contributed by atoms with van der Waals surface area (Å²) in [6.45, 7) is 0. The first-order valence-corrected chi connectivity index (χ1v) is 4.19. The second-order valence-corrected chi connectivity index (χ2v) is 3.42. The number of hydrogen-bond donors (Lipinski definition) is 1. The lowest BCUT2D eigenvalue weighted by atomic mass is 10.5. The zero-order valence-corrected chi connectivity index (χ0v) is 6.21. The Hall–Kier alpha value is -0.980. The fraction of sp³-hybridized carbons (Fsp3) is 0. The van der Waals surface area contributed by atoms with Gasteiger partial charge in [-0.25, -0.2) is 8.42 Å². The fourth-order valence-corrected chi connectivity index (χ4v) is 1.11. The van der Waals surface area contributed by atoms with Crippen molar-refractivity contribution in [1.29, 1.82) is 0 Å². The molecule has 60 valence electrons. The number of aromatic nitrogens is 1. The summed E-state index contributed by atoms with van der Waals surface area (Å²) >= 11 is 0. The minimum absolute atomic E-state index is 0.130. The van der Waals surface area contributed by atoms with Crippen molar-refractivity contribution >= 4 is 10.0 Å². The topological polar surface area (TPSA) is 82.1 Å². The summed E-state index contributed by atoms with van der Waals surface area (Å²) in [5, 5.41) is 9.89. The van der Waals surface area contributed by atoms with Gasteiger partial charge in [0.25, 0.3) is 0 Å². The van der Waals surface area contributed by atoms with Crippen LogP contribution in [0.15, 0.2) is 29.4 Å². The van der Waals surface area contributed by atoms with Gasteiger partial charge in [0.2, 0.25) is 10.0 Å². The maximum absolute atomic E-state index is 10.7. The lowest BCUT2D eigenvalue weighted by molar-refractivity contribution is 0.590. The minimum atomic E-state index is -3.87. The molecule has 0 bridgehead atoms. The van der Waals surface area contributed by atoms with Gasteiger partial charge in [-0.3, -0.25) is 9.87 Å². The Labute approximate surface area is 63.7 Å². The Kier molecular flexibility index (Phi) is 2.18. The largest absolute Gasteiger partial charge is 0.775 e. The summed E-state index contributed by atoms with van der Waals surface area (Å²) in [6.07, 6.45) is 2.52. The van der Waals surface area contributed by atoms with E-state index in [2.05, 4.69) is 4.98 Å². The third-order valence-electron chi connectivity index (χ3n) is 1.05. The maximum atomic E-state index is 10.7. The zero-order valence-electron chi connectivity index (χ0n) is 5.39. The molecule has 1 N–H and O–H groups in total. The molecule has 1 heterocycles. The Morgan fingerprint density at radius 1 is 1.55 bits per heavy atom. The Balaban J connectivity index is 3.14. The summed E-state index contributed by atoms with van der Waals surface area (Å²) in [5.41, 5.74) is 0. The molecule has 0 saturated carbocycles. The average Bonchev–Trinajstić information content (AvgIpc) is 2.06. The number of hydrogen-bond acceptors (Lipinski definition) is 4. The Morgan fingerprint density at radius 2 is 2.27 bits per heavy atom. The standard InChI is InChI=1S/C5H5N2O3S/c8-7-11(9,10)5-2-1-3-6-4-5/h1-4,7H/q-1. The monoisotopic (exact) mass is 173 g/mol. The van der Waals surface area contributed by atoms with E-state index >= 15 is 0 Å². The highest BCUT2D eigenvalue weighted by Gasteiger charge is 2.06. The molecule has 0 fully saturated rings. The number of pyridine rings is 1. The van der Waals surface area contributed by atoms with Crippen LogP contribution in [0, 0.1) is 5.21 Å². The third kappa shape index (κ3) is 1.73. The van der Waals surface area contributed by atoms with Crippen molar-refractivity contribution in [2.45, 2.75) is 4.90 Å². The van der Waals surface area contributed by atoms with Gasteiger partial charge in [0, 0.05) is 12.4 Å². The van der Waals surface area contributed by atoms with E-state index in [1.165, 1.54) is 18.3 Å². The molecule has 0 aliphatic rings. The van der Waals surface area contributed by atoms with Crippen LogP contribution in [-0.2, 0) is 10.0 Å². The summed E-state index contributed by atoms with van der Waals surface area (Å²) in [5.74, 6) is 0. The molecular formula is C5H5N2O3S-. The van der Waals surface area contributed by atoms with Crippen LogP contribution in [0.1, 0.15) is 0 Å². The minimum Gasteiger partial charge on any atom is -0.775 e. The van der Waals surface area contributed by atoms with Gasteiger partial charge in [-0.2, -0.15) is 0 Å². The van der Waals surface area contributed by atoms with Crippen LogP contribution in [0.2, 0.25) is 0 Å². The summed E-state index contributed by atoms with van der Waals surface area (Å²) in [7, 11) is -3.87. The van der Waals surface area contributed by atoms with Crippen molar-refractivity contribution in [3.8, 4) is 0 Å². The van der Waals surface area contributed by atoms with Crippen LogP contribution in [0.4, 0.5) is 0 Å². The predicted molar refractivity (Wildman–Crippen MR) is 37.9 cm³/mol. The predicted octanol–water partition coefficient (Wildman–Crippen LogP) is -0.142. The third-order valence-corrected chi connectivity index (χ3v) is 2.14. The van der Waals surface area contributed by atoms with Gasteiger partial charge in [0.15, 0.2) is 0 Å². The highest BCUT2D eigenvalue weighted by Crippen LogP contribution is 2.03. The van der Waals surface area contributed by atoms with E-state index in [1.807, 2.05) is 0 Å². The fourth-order valence-electron chi connectivity index (χ4n) is 0.554. The van der Waals surface area contributed by atoms with Gasteiger partial charge in [-0.1, -0.05) is 0 Å². The van der Waals surface area contributed by atoms with Gasteiger partial charge in [0.05, 0.1) is 4.90 Å². The molecule has 5 nitrogen and oxygen atoms in total. The summed E-state index contributed by atoms with van der Waals surface area (Å²) in [4.78, 5) is 4.35. The first-order chi connectivity index (χ1) is 5.17. The molecule has 1 aromatic rings. The first kappa shape index (κ1) is 8.12. The van der Waals surface area contributed by atoms with Crippen molar-refractivity contribution in [2.75, 3.05) is 0 Å². The van der Waals surface area contributed by atoms with Crippen LogP contribution in [0.5, 0.6) is 0 Å². The normalized spacial score (nSPS) is 11.4. The number of sulfonamides is 1. The first-order valence-electron chi connectivity index (χ1n) is 2.71. The SMILES string of the molecule is O=S(=O)(N[O-])c1cccnc1. The highest BCUT2D eigenvalue weighted by molar-refractivity contribution is 7.89. The number of rotatable bonds is 2. The molecule has 0 aliphatic carbocycles. The molecule has 0 aliphatic heterocycles. The van der Waals surface area contributed by atoms with E-state index in [-0.39, 0.29) is 4.90 Å². The smallest absolute Gasteiger partial charge is 0.230 e. The van der Waals surface area contributed by atoms with E-state index in [0.717, 1.165) is 11.1 Å².